The number of benzene rings is 1. The van der Waals surface area contributed by atoms with E-state index >= 15 is 0 Å². The fraction of sp³-hybridized carbons (Fsp3) is 0.571. The van der Waals surface area contributed by atoms with E-state index in [1.165, 1.54) is 25.0 Å². The van der Waals surface area contributed by atoms with Crippen LogP contribution in [0.3, 0.4) is 0 Å². The van der Waals surface area contributed by atoms with Gasteiger partial charge in [-0.2, -0.15) is 0 Å². The van der Waals surface area contributed by atoms with Gasteiger partial charge in [0.15, 0.2) is 9.84 Å². The van der Waals surface area contributed by atoms with Gasteiger partial charge in [-0.25, -0.2) is 8.42 Å². The molecule has 1 unspecified atom stereocenters. The molecule has 0 saturated heterocycles. The Labute approximate surface area is 119 Å². The van der Waals surface area contributed by atoms with E-state index in [9.17, 15) is 18.6 Å². The monoisotopic (exact) mass is 299 g/mol. The first-order chi connectivity index (χ1) is 9.38. The first kappa shape index (κ1) is 15.3. The molecule has 1 fully saturated rings. The standard InChI is InChI=1S/C14H21NO4S/c1-20(18,19)14-8-10(6-7-12(14)16)13(17)9-15-11-4-2-3-5-11/h6-8,11,13,15-17H,2-5,9H2,1H3. The van der Waals surface area contributed by atoms with Gasteiger partial charge < -0.3 is 15.5 Å². The van der Waals surface area contributed by atoms with E-state index in [0.717, 1.165) is 19.1 Å². The zero-order valence-electron chi connectivity index (χ0n) is 11.5. The molecule has 1 aliphatic carbocycles. The Morgan fingerprint density at radius 3 is 2.60 bits per heavy atom. The lowest BCUT2D eigenvalue weighted by molar-refractivity contribution is 0.169. The number of rotatable bonds is 5. The van der Waals surface area contributed by atoms with Crippen LogP contribution in [0.4, 0.5) is 0 Å². The number of phenols is 1. The molecule has 0 aliphatic heterocycles. The highest BCUT2D eigenvalue weighted by molar-refractivity contribution is 7.90. The lowest BCUT2D eigenvalue weighted by Gasteiger charge is -2.17. The van der Waals surface area contributed by atoms with Crippen LogP contribution in [0.2, 0.25) is 0 Å². The van der Waals surface area contributed by atoms with Crippen LogP contribution in [-0.2, 0) is 9.84 Å². The Morgan fingerprint density at radius 2 is 2.00 bits per heavy atom. The molecule has 5 nitrogen and oxygen atoms in total. The number of aliphatic hydroxyl groups excluding tert-OH is 1. The number of aliphatic hydroxyl groups is 1. The molecule has 1 saturated carbocycles. The summed E-state index contributed by atoms with van der Waals surface area (Å²) in [6.07, 6.45) is 4.93. The molecule has 0 aromatic heterocycles. The zero-order valence-corrected chi connectivity index (χ0v) is 12.4. The molecule has 1 atom stereocenters. The SMILES string of the molecule is CS(=O)(=O)c1cc(C(O)CNC2CCCC2)ccc1O. The van der Waals surface area contributed by atoms with E-state index in [0.29, 0.717) is 18.2 Å². The maximum Gasteiger partial charge on any atom is 0.179 e. The van der Waals surface area contributed by atoms with Crippen molar-refractivity contribution in [1.29, 1.82) is 0 Å². The summed E-state index contributed by atoms with van der Waals surface area (Å²) in [7, 11) is -3.50. The molecule has 1 aromatic carbocycles. The molecular formula is C14H21NO4S. The fourth-order valence-corrected chi connectivity index (χ4v) is 3.36. The van der Waals surface area contributed by atoms with E-state index in [2.05, 4.69) is 5.32 Å². The van der Waals surface area contributed by atoms with E-state index in [1.54, 1.807) is 6.07 Å². The Hall–Kier alpha value is -1.11. The van der Waals surface area contributed by atoms with Crippen LogP contribution in [-0.4, -0.2) is 37.5 Å². The Balaban J connectivity index is 2.07. The average Bonchev–Trinajstić information content (AvgIpc) is 2.88. The van der Waals surface area contributed by atoms with Gasteiger partial charge in [-0.15, -0.1) is 0 Å². The average molecular weight is 299 g/mol. The smallest absolute Gasteiger partial charge is 0.179 e. The minimum Gasteiger partial charge on any atom is -0.507 e. The maximum atomic E-state index is 11.5. The van der Waals surface area contributed by atoms with Gasteiger partial charge in [0.05, 0.1) is 6.10 Å². The third-order valence-corrected chi connectivity index (χ3v) is 4.85. The second-order valence-electron chi connectivity index (χ2n) is 5.40. The van der Waals surface area contributed by atoms with Crippen LogP contribution in [0.15, 0.2) is 23.1 Å². The molecule has 1 aromatic rings. The quantitative estimate of drug-likeness (QED) is 0.764. The zero-order chi connectivity index (χ0) is 14.8. The largest absolute Gasteiger partial charge is 0.507 e. The van der Waals surface area contributed by atoms with E-state index in [-0.39, 0.29) is 10.6 Å². The van der Waals surface area contributed by atoms with Gasteiger partial charge >= 0.3 is 0 Å². The highest BCUT2D eigenvalue weighted by Crippen LogP contribution is 2.26. The van der Waals surface area contributed by atoms with Gasteiger partial charge in [-0.1, -0.05) is 18.9 Å². The number of sulfone groups is 1. The Morgan fingerprint density at radius 1 is 1.35 bits per heavy atom. The van der Waals surface area contributed by atoms with Gasteiger partial charge in [0.1, 0.15) is 10.6 Å². The molecule has 0 radical (unpaired) electrons. The van der Waals surface area contributed by atoms with Crippen LogP contribution in [0, 0.1) is 0 Å². The van der Waals surface area contributed by atoms with E-state index in [1.807, 2.05) is 0 Å². The second kappa shape index (κ2) is 6.11. The molecule has 0 bridgehead atoms. The van der Waals surface area contributed by atoms with Crippen molar-refractivity contribution in [1.82, 2.24) is 5.32 Å². The Bertz CT molecular complexity index is 565. The summed E-state index contributed by atoms with van der Waals surface area (Å²) in [5, 5.41) is 23.0. The van der Waals surface area contributed by atoms with Gasteiger partial charge in [0, 0.05) is 18.8 Å². The number of hydrogen-bond acceptors (Lipinski definition) is 5. The van der Waals surface area contributed by atoms with E-state index < -0.39 is 15.9 Å². The number of phenolic OH excluding ortho intramolecular Hbond substituents is 1. The van der Waals surface area contributed by atoms with Crippen molar-refractivity contribution in [3.8, 4) is 5.75 Å². The van der Waals surface area contributed by atoms with Gasteiger partial charge in [-0.3, -0.25) is 0 Å². The predicted molar refractivity (Wildman–Crippen MR) is 76.4 cm³/mol. The summed E-state index contributed by atoms with van der Waals surface area (Å²) in [6, 6.07) is 4.64. The van der Waals surface area contributed by atoms with Crippen LogP contribution < -0.4 is 5.32 Å². The summed E-state index contributed by atoms with van der Waals surface area (Å²) < 4.78 is 23.1. The molecule has 0 amide bonds. The highest BCUT2D eigenvalue weighted by Gasteiger charge is 2.19. The van der Waals surface area contributed by atoms with Crippen LogP contribution >= 0.6 is 0 Å². The number of aromatic hydroxyl groups is 1. The first-order valence-electron chi connectivity index (χ1n) is 6.82. The summed E-state index contributed by atoms with van der Waals surface area (Å²) in [5.41, 5.74) is 0.494. The predicted octanol–water partition coefficient (Wildman–Crippen LogP) is 1.36. The maximum absolute atomic E-state index is 11.5. The van der Waals surface area contributed by atoms with Gasteiger partial charge in [0.25, 0.3) is 0 Å². The molecule has 6 heteroatoms. The first-order valence-corrected chi connectivity index (χ1v) is 8.71. The second-order valence-corrected chi connectivity index (χ2v) is 7.39. The van der Waals surface area contributed by atoms with Gasteiger partial charge in [0.2, 0.25) is 0 Å². The van der Waals surface area contributed by atoms with E-state index in [4.69, 9.17) is 0 Å². The molecular weight excluding hydrogens is 278 g/mol. The molecule has 112 valence electrons. The van der Waals surface area contributed by atoms with Crippen molar-refractivity contribution in [2.75, 3.05) is 12.8 Å². The minimum atomic E-state index is -3.50. The topological polar surface area (TPSA) is 86.6 Å². The normalized spacial score (nSPS) is 18.3. The number of nitrogens with one attached hydrogen (secondary N) is 1. The summed E-state index contributed by atoms with van der Waals surface area (Å²) in [6.45, 7) is 0.388. The van der Waals surface area contributed by atoms with Crippen molar-refractivity contribution in [2.24, 2.45) is 0 Å². The lowest BCUT2D eigenvalue weighted by Crippen LogP contribution is -2.30. The molecule has 2 rings (SSSR count). The van der Waals surface area contributed by atoms with Gasteiger partial charge in [-0.05, 0) is 30.5 Å². The summed E-state index contributed by atoms with van der Waals surface area (Å²) in [4.78, 5) is -0.144. The highest BCUT2D eigenvalue weighted by atomic mass is 32.2. The minimum absolute atomic E-state index is 0.144. The third kappa shape index (κ3) is 3.71. The van der Waals surface area contributed by atoms with Crippen molar-refractivity contribution in [2.45, 2.75) is 42.7 Å². The molecule has 1 aliphatic rings. The number of hydrogen-bond donors (Lipinski definition) is 3. The molecule has 20 heavy (non-hydrogen) atoms. The lowest BCUT2D eigenvalue weighted by atomic mass is 10.1. The fourth-order valence-electron chi connectivity index (χ4n) is 2.56. The molecule has 3 N–H and O–H groups in total. The van der Waals surface area contributed by atoms with Crippen molar-refractivity contribution in [3.05, 3.63) is 23.8 Å². The van der Waals surface area contributed by atoms with Crippen LogP contribution in [0.1, 0.15) is 37.4 Å². The molecule has 0 heterocycles. The Kier molecular flexibility index (Phi) is 4.67. The van der Waals surface area contributed by atoms with Crippen molar-refractivity contribution in [3.63, 3.8) is 0 Å². The van der Waals surface area contributed by atoms with Crippen molar-refractivity contribution >= 4 is 9.84 Å². The van der Waals surface area contributed by atoms with Crippen LogP contribution in [0.5, 0.6) is 5.75 Å². The van der Waals surface area contributed by atoms with Crippen molar-refractivity contribution < 1.29 is 18.6 Å². The molecule has 0 spiro atoms. The third-order valence-electron chi connectivity index (χ3n) is 3.72. The summed E-state index contributed by atoms with van der Waals surface area (Å²) in [5.74, 6) is -0.285. The van der Waals surface area contributed by atoms with Crippen LogP contribution in [0.25, 0.3) is 0 Å². The summed E-state index contributed by atoms with van der Waals surface area (Å²) >= 11 is 0.